The molecule has 1 unspecified atom stereocenters. The molecule has 0 saturated carbocycles. The molecule has 3 heterocycles. The minimum atomic E-state index is -3.66. The van der Waals surface area contributed by atoms with Crippen molar-refractivity contribution >= 4 is 38.1 Å². The van der Waals surface area contributed by atoms with Crippen molar-refractivity contribution in [2.45, 2.75) is 19.5 Å². The van der Waals surface area contributed by atoms with Gasteiger partial charge in [-0.1, -0.05) is 24.3 Å². The van der Waals surface area contributed by atoms with E-state index in [1.54, 1.807) is 18.4 Å². The van der Waals surface area contributed by atoms with Gasteiger partial charge in [0.25, 0.3) is 10.2 Å². The normalized spacial score (nSPS) is 19.7. The molecule has 2 aliphatic heterocycles. The standard InChI is InChI=1S/C18H22N6O2S2/c1-11-10-21-17-16(20-2)23-14-9-15(27-18(14)24(11)17)13-5-3-4-12(8-13)6-7-22-28(19,25)26/h3-5,8-10,17,21-22H,6-7H2,1-2H3,(H,20,23)(H2,19,25,26). The van der Waals surface area contributed by atoms with Crippen molar-refractivity contribution in [3.63, 3.8) is 0 Å². The van der Waals surface area contributed by atoms with Gasteiger partial charge >= 0.3 is 0 Å². The summed E-state index contributed by atoms with van der Waals surface area (Å²) in [5.74, 6) is 0.882. The number of anilines is 2. The highest BCUT2D eigenvalue weighted by atomic mass is 32.2. The van der Waals surface area contributed by atoms with Crippen LogP contribution in [-0.4, -0.2) is 34.0 Å². The first kappa shape index (κ1) is 18.9. The largest absolute Gasteiger partial charge is 0.363 e. The number of allylic oxidation sites excluding steroid dienone is 1. The fraction of sp³-hybridized carbons (Fsp3) is 0.278. The molecule has 0 spiro atoms. The molecule has 0 amide bonds. The quantitative estimate of drug-likeness (QED) is 0.592. The Morgan fingerprint density at radius 1 is 1.36 bits per heavy atom. The predicted molar refractivity (Wildman–Crippen MR) is 115 cm³/mol. The van der Waals surface area contributed by atoms with Crippen LogP contribution in [0.25, 0.3) is 10.4 Å². The molecule has 148 valence electrons. The zero-order valence-corrected chi connectivity index (χ0v) is 17.2. The van der Waals surface area contributed by atoms with E-state index in [0.29, 0.717) is 6.42 Å². The molecule has 0 aliphatic carbocycles. The smallest absolute Gasteiger partial charge is 0.274 e. The number of nitrogens with one attached hydrogen (secondary N) is 3. The molecule has 0 saturated heterocycles. The third-order valence-corrected chi connectivity index (χ3v) is 6.50. The van der Waals surface area contributed by atoms with E-state index in [0.717, 1.165) is 38.2 Å². The van der Waals surface area contributed by atoms with Crippen LogP contribution in [0.2, 0.25) is 0 Å². The molecule has 2 aromatic rings. The van der Waals surface area contributed by atoms with E-state index in [-0.39, 0.29) is 12.7 Å². The van der Waals surface area contributed by atoms with Gasteiger partial charge in [0.1, 0.15) is 10.8 Å². The molecular formula is C18H22N6O2S2. The van der Waals surface area contributed by atoms with Gasteiger partial charge in [0.15, 0.2) is 6.17 Å². The molecule has 8 nitrogen and oxygen atoms in total. The Bertz CT molecular complexity index is 1070. The number of nitrogens with zero attached hydrogens (tertiary/aromatic N) is 2. The Hall–Kier alpha value is -2.40. The average Bonchev–Trinajstić information content (AvgIpc) is 3.24. The maximum atomic E-state index is 11.0. The van der Waals surface area contributed by atoms with Crippen LogP contribution >= 0.6 is 11.3 Å². The van der Waals surface area contributed by atoms with Gasteiger partial charge in [-0.25, -0.2) is 9.86 Å². The molecule has 0 fully saturated rings. The summed E-state index contributed by atoms with van der Waals surface area (Å²) in [6.07, 6.45) is 2.57. The van der Waals surface area contributed by atoms with Crippen LogP contribution in [0.1, 0.15) is 12.5 Å². The summed E-state index contributed by atoms with van der Waals surface area (Å²) in [4.78, 5) is 7.77. The van der Waals surface area contributed by atoms with E-state index in [1.807, 2.05) is 18.3 Å². The van der Waals surface area contributed by atoms with E-state index in [1.165, 1.54) is 0 Å². The predicted octanol–water partition coefficient (Wildman–Crippen LogP) is 1.80. The lowest BCUT2D eigenvalue weighted by atomic mass is 10.1. The second-order valence-corrected chi connectivity index (χ2v) is 9.09. The van der Waals surface area contributed by atoms with Gasteiger partial charge in [0.2, 0.25) is 0 Å². The van der Waals surface area contributed by atoms with Gasteiger partial charge in [0, 0.05) is 30.4 Å². The number of thiophene rings is 1. The molecule has 10 heteroatoms. The summed E-state index contributed by atoms with van der Waals surface area (Å²) in [5.41, 5.74) is 4.31. The summed E-state index contributed by atoms with van der Waals surface area (Å²) < 4.78 is 24.4. The Labute approximate surface area is 168 Å². The Morgan fingerprint density at radius 2 is 2.18 bits per heavy atom. The van der Waals surface area contributed by atoms with Crippen molar-refractivity contribution < 1.29 is 8.42 Å². The lowest BCUT2D eigenvalue weighted by Gasteiger charge is -2.33. The van der Waals surface area contributed by atoms with Crippen LogP contribution in [0, 0.1) is 0 Å². The van der Waals surface area contributed by atoms with Crippen LogP contribution in [-0.2, 0) is 16.6 Å². The molecule has 1 aromatic carbocycles. The van der Waals surface area contributed by atoms with Crippen LogP contribution < -0.4 is 25.4 Å². The van der Waals surface area contributed by atoms with Gasteiger partial charge in [-0.3, -0.25) is 4.99 Å². The maximum absolute atomic E-state index is 11.0. The molecular weight excluding hydrogens is 396 g/mol. The Kier molecular flexibility index (Phi) is 4.88. The van der Waals surface area contributed by atoms with Crippen molar-refractivity contribution in [2.75, 3.05) is 23.8 Å². The first-order chi connectivity index (χ1) is 13.4. The number of amidine groups is 1. The van der Waals surface area contributed by atoms with Crippen LogP contribution in [0.5, 0.6) is 0 Å². The van der Waals surface area contributed by atoms with Crippen LogP contribution in [0.15, 0.2) is 47.2 Å². The van der Waals surface area contributed by atoms with Gasteiger partial charge in [-0.2, -0.15) is 8.42 Å². The van der Waals surface area contributed by atoms with Crippen molar-refractivity contribution in [3.05, 3.63) is 47.8 Å². The van der Waals surface area contributed by atoms with Crippen molar-refractivity contribution in [2.24, 2.45) is 10.1 Å². The number of benzene rings is 1. The third-order valence-electron chi connectivity index (χ3n) is 4.71. The second-order valence-electron chi connectivity index (χ2n) is 6.68. The summed E-state index contributed by atoms with van der Waals surface area (Å²) in [7, 11) is -1.88. The van der Waals surface area contributed by atoms with Gasteiger partial charge < -0.3 is 15.5 Å². The SMILES string of the molecule is CN=C1Nc2cc(-c3cccc(CCNS(N)(=O)=O)c3)sc2N2C(C)=CNC12. The monoisotopic (exact) mass is 418 g/mol. The minimum absolute atomic E-state index is 0.000351. The number of hydrogen-bond acceptors (Lipinski definition) is 6. The maximum Gasteiger partial charge on any atom is 0.274 e. The van der Waals surface area contributed by atoms with E-state index in [2.05, 4.69) is 50.4 Å². The highest BCUT2D eigenvalue weighted by Gasteiger charge is 2.36. The summed E-state index contributed by atoms with van der Waals surface area (Å²) >= 11 is 1.71. The Morgan fingerprint density at radius 3 is 2.93 bits per heavy atom. The highest BCUT2D eigenvalue weighted by Crippen LogP contribution is 2.46. The van der Waals surface area contributed by atoms with Crippen LogP contribution in [0.4, 0.5) is 10.7 Å². The van der Waals surface area contributed by atoms with Gasteiger partial charge in [-0.15, -0.1) is 11.3 Å². The molecule has 1 atom stereocenters. The average molecular weight is 419 g/mol. The molecule has 28 heavy (non-hydrogen) atoms. The first-order valence-corrected chi connectivity index (χ1v) is 11.2. The zero-order valence-electron chi connectivity index (χ0n) is 15.6. The number of rotatable bonds is 5. The van der Waals surface area contributed by atoms with Crippen LogP contribution in [0.3, 0.4) is 0 Å². The van der Waals surface area contributed by atoms with E-state index in [9.17, 15) is 8.42 Å². The second kappa shape index (κ2) is 7.21. The van der Waals surface area contributed by atoms with Crippen molar-refractivity contribution in [3.8, 4) is 10.4 Å². The lowest BCUT2D eigenvalue weighted by molar-refractivity contribution is 0.583. The number of nitrogens with two attached hydrogens (primary N) is 1. The van der Waals surface area contributed by atoms with Gasteiger partial charge in [-0.05, 0) is 30.5 Å². The van der Waals surface area contributed by atoms with Crippen molar-refractivity contribution in [1.29, 1.82) is 0 Å². The molecule has 0 radical (unpaired) electrons. The minimum Gasteiger partial charge on any atom is -0.363 e. The highest BCUT2D eigenvalue weighted by molar-refractivity contribution is 7.87. The molecule has 5 N–H and O–H groups in total. The number of hydrogen-bond donors (Lipinski definition) is 4. The summed E-state index contributed by atoms with van der Waals surface area (Å²) in [6, 6.07) is 10.2. The van der Waals surface area contributed by atoms with Crippen molar-refractivity contribution in [1.82, 2.24) is 10.0 Å². The first-order valence-electron chi connectivity index (χ1n) is 8.82. The van der Waals surface area contributed by atoms with E-state index < -0.39 is 10.2 Å². The molecule has 1 aromatic heterocycles. The molecule has 0 bridgehead atoms. The van der Waals surface area contributed by atoms with E-state index in [4.69, 9.17) is 5.14 Å². The number of fused-ring (bicyclic) bond motifs is 3. The summed E-state index contributed by atoms with van der Waals surface area (Å²) in [5, 5.41) is 12.9. The fourth-order valence-electron chi connectivity index (χ4n) is 3.42. The molecule has 4 rings (SSSR count). The topological polar surface area (TPSA) is 112 Å². The third kappa shape index (κ3) is 3.63. The summed E-state index contributed by atoms with van der Waals surface area (Å²) in [6.45, 7) is 2.35. The fourth-order valence-corrected chi connectivity index (χ4v) is 5.00. The number of aliphatic imine (C=N–C) groups is 1. The van der Waals surface area contributed by atoms with Gasteiger partial charge in [0.05, 0.1) is 5.69 Å². The zero-order chi connectivity index (χ0) is 19.9. The lowest BCUT2D eigenvalue weighted by Crippen LogP contribution is -2.49. The Balaban J connectivity index is 1.61. The molecule has 2 aliphatic rings. The van der Waals surface area contributed by atoms with E-state index >= 15 is 0 Å².